The molecular formula is C7H12NO+. The molecule has 1 saturated carbocycles. The van der Waals surface area contributed by atoms with Gasteiger partial charge in [-0.3, -0.25) is 0 Å². The smallest absolute Gasteiger partial charge is 0.163 e. The van der Waals surface area contributed by atoms with Crippen molar-refractivity contribution < 1.29 is 9.79 Å². The largest absolute Gasteiger partial charge is 0.422 e. The molecule has 0 aromatic carbocycles. The lowest BCUT2D eigenvalue weighted by molar-refractivity contribution is -0.504. The molecule has 0 heterocycles. The first kappa shape index (κ1) is 6.50. The molecule has 50 valence electrons. The highest BCUT2D eigenvalue weighted by molar-refractivity contribution is 5.23. The Kier molecular flexibility index (Phi) is 2.47. The van der Waals surface area contributed by atoms with Gasteiger partial charge in [0.2, 0.25) is 0 Å². The van der Waals surface area contributed by atoms with Gasteiger partial charge in [0, 0.05) is 12.8 Å². The summed E-state index contributed by atoms with van der Waals surface area (Å²) in [6.45, 7) is 0. The minimum atomic E-state index is 0.427. The summed E-state index contributed by atoms with van der Waals surface area (Å²) < 4.78 is 0. The third-order valence-electron chi connectivity index (χ3n) is 1.87. The van der Waals surface area contributed by atoms with Crippen LogP contribution in [-0.2, 0) is 4.79 Å². The Morgan fingerprint density at radius 1 is 1.22 bits per heavy atom. The summed E-state index contributed by atoms with van der Waals surface area (Å²) in [7, 11) is 0. The van der Waals surface area contributed by atoms with Crippen LogP contribution in [0.15, 0.2) is 0 Å². The third kappa shape index (κ3) is 1.98. The Balaban J connectivity index is 2.31. The van der Waals surface area contributed by atoms with Crippen molar-refractivity contribution >= 4 is 6.08 Å². The van der Waals surface area contributed by atoms with E-state index >= 15 is 0 Å². The van der Waals surface area contributed by atoms with Crippen LogP contribution in [0, 0.1) is 0 Å². The summed E-state index contributed by atoms with van der Waals surface area (Å²) in [5.41, 5.74) is 0. The van der Waals surface area contributed by atoms with E-state index in [2.05, 4.69) is 4.99 Å². The van der Waals surface area contributed by atoms with Gasteiger partial charge in [-0.2, -0.15) is 9.79 Å². The predicted octanol–water partition coefficient (Wildman–Crippen LogP) is -0.265. The van der Waals surface area contributed by atoms with Crippen molar-refractivity contribution in [3.05, 3.63) is 0 Å². The highest BCUT2D eigenvalue weighted by atomic mass is 16.1. The monoisotopic (exact) mass is 126 g/mol. The van der Waals surface area contributed by atoms with E-state index in [1.807, 2.05) is 0 Å². The van der Waals surface area contributed by atoms with Gasteiger partial charge < -0.3 is 0 Å². The van der Waals surface area contributed by atoms with E-state index in [1.54, 1.807) is 6.08 Å². The number of nitrogens with one attached hydrogen (secondary N) is 1. The van der Waals surface area contributed by atoms with Gasteiger partial charge in [0.25, 0.3) is 0 Å². The van der Waals surface area contributed by atoms with Gasteiger partial charge >= 0.3 is 6.08 Å². The Bertz CT molecular complexity index is 121. The fourth-order valence-corrected chi connectivity index (χ4v) is 1.33. The zero-order valence-corrected chi connectivity index (χ0v) is 5.52. The second-order valence-corrected chi connectivity index (χ2v) is 2.58. The molecule has 0 saturated heterocycles. The minimum absolute atomic E-state index is 0.427. The number of hydrogen-bond acceptors (Lipinski definition) is 1. The van der Waals surface area contributed by atoms with Crippen LogP contribution in [0.1, 0.15) is 32.1 Å². The molecule has 1 aliphatic rings. The van der Waals surface area contributed by atoms with E-state index < -0.39 is 0 Å². The molecule has 0 unspecified atom stereocenters. The van der Waals surface area contributed by atoms with Crippen molar-refractivity contribution in [3.8, 4) is 0 Å². The van der Waals surface area contributed by atoms with Crippen LogP contribution in [0.25, 0.3) is 0 Å². The van der Waals surface area contributed by atoms with E-state index in [1.165, 1.54) is 19.3 Å². The molecular weight excluding hydrogens is 114 g/mol. The lowest BCUT2D eigenvalue weighted by Crippen LogP contribution is -2.75. The molecule has 0 bridgehead atoms. The second kappa shape index (κ2) is 3.41. The zero-order valence-electron chi connectivity index (χ0n) is 5.52. The third-order valence-corrected chi connectivity index (χ3v) is 1.87. The van der Waals surface area contributed by atoms with Crippen molar-refractivity contribution in [2.24, 2.45) is 0 Å². The Morgan fingerprint density at radius 3 is 2.44 bits per heavy atom. The molecule has 0 radical (unpaired) electrons. The summed E-state index contributed by atoms with van der Waals surface area (Å²) in [4.78, 5) is 12.5. The molecule has 0 spiro atoms. The van der Waals surface area contributed by atoms with E-state index in [0.717, 1.165) is 12.8 Å². The molecule has 0 aromatic rings. The highest BCUT2D eigenvalue weighted by Gasteiger charge is 2.15. The summed E-state index contributed by atoms with van der Waals surface area (Å²) in [5.74, 6) is 0. The topological polar surface area (TPSA) is 31.0 Å². The molecule has 2 heteroatoms. The average molecular weight is 126 g/mol. The van der Waals surface area contributed by atoms with Crippen molar-refractivity contribution in [1.29, 1.82) is 0 Å². The molecule has 1 fully saturated rings. The number of hydrogen-bond donors (Lipinski definition) is 1. The van der Waals surface area contributed by atoms with Crippen LogP contribution in [-0.4, -0.2) is 12.1 Å². The van der Waals surface area contributed by atoms with E-state index in [9.17, 15) is 4.79 Å². The van der Waals surface area contributed by atoms with Crippen molar-refractivity contribution in [2.75, 3.05) is 0 Å². The number of rotatable bonds is 1. The first-order valence-electron chi connectivity index (χ1n) is 3.56. The van der Waals surface area contributed by atoms with Crippen LogP contribution in [0.4, 0.5) is 0 Å². The van der Waals surface area contributed by atoms with E-state index in [-0.39, 0.29) is 0 Å². The Morgan fingerprint density at radius 2 is 1.89 bits per heavy atom. The summed E-state index contributed by atoms with van der Waals surface area (Å²) in [6.07, 6.45) is 7.89. The molecule has 2 nitrogen and oxygen atoms in total. The van der Waals surface area contributed by atoms with Gasteiger partial charge in [-0.1, -0.05) is 6.42 Å². The summed E-state index contributed by atoms with van der Waals surface area (Å²) >= 11 is 0. The van der Waals surface area contributed by atoms with Crippen molar-refractivity contribution in [1.82, 2.24) is 0 Å². The standard InChI is InChI=1S/C7H11NO/c9-6-8-7-4-2-1-3-5-7/h7H,1-5H2/p+1. The lowest BCUT2D eigenvalue weighted by Gasteiger charge is -2.10. The van der Waals surface area contributed by atoms with Crippen LogP contribution >= 0.6 is 0 Å². The Labute approximate surface area is 55.0 Å². The van der Waals surface area contributed by atoms with Gasteiger partial charge in [-0.05, 0) is 12.8 Å². The predicted molar refractivity (Wildman–Crippen MR) is 33.5 cm³/mol. The molecule has 1 N–H and O–H groups in total. The van der Waals surface area contributed by atoms with Gasteiger partial charge in [-0.15, -0.1) is 0 Å². The van der Waals surface area contributed by atoms with Crippen LogP contribution in [0.3, 0.4) is 0 Å². The molecule has 0 aromatic heterocycles. The number of carbonyl (C=O) groups excluding carboxylic acids is 1. The van der Waals surface area contributed by atoms with Gasteiger partial charge in [0.15, 0.2) is 6.04 Å². The van der Waals surface area contributed by atoms with Gasteiger partial charge in [0.1, 0.15) is 0 Å². The molecule has 0 atom stereocenters. The first-order chi connectivity index (χ1) is 4.43. The maximum Gasteiger partial charge on any atom is 0.422 e. The molecule has 1 rings (SSSR count). The maximum absolute atomic E-state index is 9.84. The van der Waals surface area contributed by atoms with E-state index in [4.69, 9.17) is 0 Å². The molecule has 0 aliphatic heterocycles. The van der Waals surface area contributed by atoms with Crippen LogP contribution in [0.2, 0.25) is 0 Å². The second-order valence-electron chi connectivity index (χ2n) is 2.58. The molecule has 9 heavy (non-hydrogen) atoms. The quantitative estimate of drug-likeness (QED) is 0.381. The van der Waals surface area contributed by atoms with Crippen LogP contribution < -0.4 is 4.99 Å². The molecule has 0 amide bonds. The van der Waals surface area contributed by atoms with E-state index in [0.29, 0.717) is 6.04 Å². The first-order valence-corrected chi connectivity index (χ1v) is 3.56. The fourth-order valence-electron chi connectivity index (χ4n) is 1.33. The SMILES string of the molecule is O=C=[NH+]C1CCCCC1. The van der Waals surface area contributed by atoms with Crippen molar-refractivity contribution in [3.63, 3.8) is 0 Å². The highest BCUT2D eigenvalue weighted by Crippen LogP contribution is 2.13. The normalized spacial score (nSPS) is 20.9. The van der Waals surface area contributed by atoms with Gasteiger partial charge in [0.05, 0.1) is 0 Å². The Hall–Kier alpha value is -0.620. The minimum Gasteiger partial charge on any atom is -0.163 e. The maximum atomic E-state index is 9.84. The summed E-state index contributed by atoms with van der Waals surface area (Å²) in [5, 5.41) is 0. The lowest BCUT2D eigenvalue weighted by atomic mass is 9.96. The molecule has 1 aliphatic carbocycles. The zero-order chi connectivity index (χ0) is 6.53. The van der Waals surface area contributed by atoms with Crippen LogP contribution in [0.5, 0.6) is 0 Å². The van der Waals surface area contributed by atoms with Crippen molar-refractivity contribution in [2.45, 2.75) is 38.1 Å². The average Bonchev–Trinajstić information content (AvgIpc) is 1.91. The number of isocyanates is 1. The van der Waals surface area contributed by atoms with Gasteiger partial charge in [-0.25, -0.2) is 0 Å². The summed E-state index contributed by atoms with van der Waals surface area (Å²) in [6, 6.07) is 0.427. The fraction of sp³-hybridized carbons (Fsp3) is 0.857.